The second kappa shape index (κ2) is 4.58. The van der Waals surface area contributed by atoms with Crippen molar-refractivity contribution in [2.75, 3.05) is 0 Å². The summed E-state index contributed by atoms with van der Waals surface area (Å²) in [5.41, 5.74) is -1.18. The van der Waals surface area contributed by atoms with E-state index in [1.165, 1.54) is 12.1 Å². The van der Waals surface area contributed by atoms with E-state index in [0.717, 1.165) is 16.9 Å². The number of aromatic nitrogens is 2. The van der Waals surface area contributed by atoms with Gasteiger partial charge in [-0.3, -0.25) is 0 Å². The van der Waals surface area contributed by atoms with Crippen LogP contribution in [0.25, 0.3) is 5.69 Å². The Morgan fingerprint density at radius 1 is 1.37 bits per heavy atom. The van der Waals surface area contributed by atoms with Crippen LogP contribution in [0.1, 0.15) is 15.9 Å². The van der Waals surface area contributed by atoms with Crippen molar-refractivity contribution >= 4 is 17.6 Å². The third-order valence-corrected chi connectivity index (χ3v) is 2.58. The SMILES string of the molecule is O=C(O)c1cc(Cl)ccc1-n1cc(C(F)(F)F)cn1. The summed E-state index contributed by atoms with van der Waals surface area (Å²) < 4.78 is 38.2. The number of hydrogen-bond donors (Lipinski definition) is 1. The van der Waals surface area contributed by atoms with Crippen LogP contribution in [0.4, 0.5) is 13.2 Å². The number of alkyl halides is 3. The lowest BCUT2D eigenvalue weighted by Crippen LogP contribution is -2.06. The van der Waals surface area contributed by atoms with Crippen LogP contribution in [0.15, 0.2) is 30.6 Å². The maximum Gasteiger partial charge on any atom is 0.419 e. The predicted molar refractivity (Wildman–Crippen MR) is 60.5 cm³/mol. The maximum absolute atomic E-state index is 12.4. The summed E-state index contributed by atoms with van der Waals surface area (Å²) in [7, 11) is 0. The molecule has 0 saturated heterocycles. The summed E-state index contributed by atoms with van der Waals surface area (Å²) in [4.78, 5) is 11.0. The topological polar surface area (TPSA) is 55.1 Å². The number of benzene rings is 1. The zero-order valence-electron chi connectivity index (χ0n) is 9.15. The van der Waals surface area contributed by atoms with Gasteiger partial charge in [-0.2, -0.15) is 18.3 Å². The van der Waals surface area contributed by atoms with Gasteiger partial charge in [0.2, 0.25) is 0 Å². The van der Waals surface area contributed by atoms with Gasteiger partial charge >= 0.3 is 12.1 Å². The molecule has 1 aromatic heterocycles. The van der Waals surface area contributed by atoms with E-state index in [1.54, 1.807) is 0 Å². The van der Waals surface area contributed by atoms with E-state index < -0.39 is 17.7 Å². The lowest BCUT2D eigenvalue weighted by molar-refractivity contribution is -0.137. The smallest absolute Gasteiger partial charge is 0.419 e. The highest BCUT2D eigenvalue weighted by Crippen LogP contribution is 2.29. The molecule has 0 aliphatic heterocycles. The van der Waals surface area contributed by atoms with E-state index in [2.05, 4.69) is 5.10 Å². The standard InChI is InChI=1S/C11H6ClF3N2O2/c12-7-1-2-9(8(3-7)10(18)19)17-5-6(4-16-17)11(13,14)15/h1-5H,(H,18,19). The zero-order valence-corrected chi connectivity index (χ0v) is 9.90. The fourth-order valence-electron chi connectivity index (χ4n) is 1.48. The number of carboxylic acids is 1. The van der Waals surface area contributed by atoms with Gasteiger partial charge in [-0.1, -0.05) is 11.6 Å². The molecule has 100 valence electrons. The Bertz CT molecular complexity index is 637. The van der Waals surface area contributed by atoms with Crippen LogP contribution in [-0.2, 0) is 6.18 Å². The van der Waals surface area contributed by atoms with Crippen LogP contribution >= 0.6 is 11.6 Å². The van der Waals surface area contributed by atoms with Crippen molar-refractivity contribution < 1.29 is 23.1 Å². The quantitative estimate of drug-likeness (QED) is 0.924. The van der Waals surface area contributed by atoms with Crippen LogP contribution in [0.2, 0.25) is 5.02 Å². The Labute approximate surface area is 110 Å². The van der Waals surface area contributed by atoms with Crippen molar-refractivity contribution in [2.45, 2.75) is 6.18 Å². The van der Waals surface area contributed by atoms with Crippen LogP contribution in [0, 0.1) is 0 Å². The van der Waals surface area contributed by atoms with Crippen molar-refractivity contribution in [3.8, 4) is 5.69 Å². The van der Waals surface area contributed by atoms with Gasteiger partial charge in [-0.25, -0.2) is 9.48 Å². The van der Waals surface area contributed by atoms with Crippen molar-refractivity contribution in [1.82, 2.24) is 9.78 Å². The van der Waals surface area contributed by atoms with Crippen molar-refractivity contribution in [1.29, 1.82) is 0 Å². The lowest BCUT2D eigenvalue weighted by atomic mass is 10.2. The molecule has 0 amide bonds. The van der Waals surface area contributed by atoms with Gasteiger partial charge in [0, 0.05) is 11.2 Å². The average Bonchev–Trinajstić information content (AvgIpc) is 2.77. The molecular formula is C11H6ClF3N2O2. The molecule has 8 heteroatoms. The van der Waals surface area contributed by atoms with Gasteiger partial charge in [-0.05, 0) is 18.2 Å². The average molecular weight is 291 g/mol. The summed E-state index contributed by atoms with van der Waals surface area (Å²) >= 11 is 5.65. The molecule has 0 radical (unpaired) electrons. The van der Waals surface area contributed by atoms with Gasteiger partial charge in [-0.15, -0.1) is 0 Å². The normalized spacial score (nSPS) is 11.6. The van der Waals surface area contributed by atoms with Crippen molar-refractivity contribution in [2.24, 2.45) is 0 Å². The predicted octanol–water partition coefficient (Wildman–Crippen LogP) is 3.24. The molecule has 0 aliphatic rings. The summed E-state index contributed by atoms with van der Waals surface area (Å²) in [6, 6.07) is 3.81. The first kappa shape index (κ1) is 13.4. The van der Waals surface area contributed by atoms with Gasteiger partial charge < -0.3 is 5.11 Å². The minimum Gasteiger partial charge on any atom is -0.478 e. The molecule has 1 N–H and O–H groups in total. The van der Waals surface area contributed by atoms with E-state index in [4.69, 9.17) is 16.7 Å². The minimum atomic E-state index is -4.53. The van der Waals surface area contributed by atoms with Crippen LogP contribution < -0.4 is 0 Å². The molecule has 1 aromatic carbocycles. The second-order valence-electron chi connectivity index (χ2n) is 3.64. The highest BCUT2D eigenvalue weighted by atomic mass is 35.5. The molecule has 0 unspecified atom stereocenters. The number of halogens is 4. The molecule has 0 saturated carbocycles. The second-order valence-corrected chi connectivity index (χ2v) is 4.07. The molecule has 1 heterocycles. The molecular weight excluding hydrogens is 285 g/mol. The Balaban J connectivity index is 2.53. The fraction of sp³-hybridized carbons (Fsp3) is 0.0909. The molecule has 4 nitrogen and oxygen atoms in total. The molecule has 0 bridgehead atoms. The van der Waals surface area contributed by atoms with Gasteiger partial charge in [0.1, 0.15) is 0 Å². The van der Waals surface area contributed by atoms with Crippen LogP contribution in [0.5, 0.6) is 0 Å². The Hall–Kier alpha value is -2.02. The first-order valence-corrected chi connectivity index (χ1v) is 5.32. The minimum absolute atomic E-state index is 0.00685. The molecule has 0 atom stereocenters. The van der Waals surface area contributed by atoms with Crippen molar-refractivity contribution in [3.05, 3.63) is 46.7 Å². The number of carbonyl (C=O) groups is 1. The highest BCUT2D eigenvalue weighted by molar-refractivity contribution is 6.31. The molecule has 2 rings (SSSR count). The first-order chi connectivity index (χ1) is 8.79. The Morgan fingerprint density at radius 2 is 2.05 bits per heavy atom. The summed E-state index contributed by atoms with van der Waals surface area (Å²) in [6.07, 6.45) is -3.19. The van der Waals surface area contributed by atoms with E-state index in [1.807, 2.05) is 0 Å². The van der Waals surface area contributed by atoms with E-state index in [-0.39, 0.29) is 16.3 Å². The molecule has 0 fully saturated rings. The summed E-state index contributed by atoms with van der Waals surface area (Å²) in [5.74, 6) is -1.30. The van der Waals surface area contributed by atoms with E-state index >= 15 is 0 Å². The third kappa shape index (κ3) is 2.70. The summed E-state index contributed by atoms with van der Waals surface area (Å²) in [5, 5.41) is 12.7. The molecule has 0 spiro atoms. The first-order valence-electron chi connectivity index (χ1n) is 4.94. The number of rotatable bonds is 2. The number of nitrogens with zero attached hydrogens (tertiary/aromatic N) is 2. The third-order valence-electron chi connectivity index (χ3n) is 2.35. The van der Waals surface area contributed by atoms with Gasteiger partial charge in [0.05, 0.1) is 23.0 Å². The van der Waals surface area contributed by atoms with Crippen molar-refractivity contribution in [3.63, 3.8) is 0 Å². The largest absolute Gasteiger partial charge is 0.478 e. The van der Waals surface area contributed by atoms with Crippen LogP contribution in [-0.4, -0.2) is 20.9 Å². The molecule has 19 heavy (non-hydrogen) atoms. The zero-order chi connectivity index (χ0) is 14.2. The lowest BCUT2D eigenvalue weighted by Gasteiger charge is -2.06. The van der Waals surface area contributed by atoms with Gasteiger partial charge in [0.15, 0.2) is 0 Å². The number of carboxylic acid groups (broad SMARTS) is 1. The van der Waals surface area contributed by atoms with E-state index in [9.17, 15) is 18.0 Å². The van der Waals surface area contributed by atoms with Crippen LogP contribution in [0.3, 0.4) is 0 Å². The highest BCUT2D eigenvalue weighted by Gasteiger charge is 2.32. The van der Waals surface area contributed by atoms with Gasteiger partial charge in [0.25, 0.3) is 0 Å². The van der Waals surface area contributed by atoms with E-state index in [0.29, 0.717) is 6.20 Å². The maximum atomic E-state index is 12.4. The Kier molecular flexibility index (Phi) is 3.23. The number of hydrogen-bond acceptors (Lipinski definition) is 2. The number of aromatic carboxylic acids is 1. The Morgan fingerprint density at radius 3 is 2.58 bits per heavy atom. The molecule has 0 aliphatic carbocycles. The molecule has 2 aromatic rings. The fourth-order valence-corrected chi connectivity index (χ4v) is 1.65. The summed E-state index contributed by atoms with van der Waals surface area (Å²) in [6.45, 7) is 0. The monoisotopic (exact) mass is 290 g/mol.